The molecule has 0 aromatic rings. The maximum absolute atomic E-state index is 12.7. The van der Waals surface area contributed by atoms with Crippen molar-refractivity contribution in [3.05, 3.63) is 0 Å². The molecule has 3 heteroatoms. The third-order valence-electron chi connectivity index (χ3n) is 2.32. The normalized spacial score (nSPS) is 23.4. The van der Waals surface area contributed by atoms with Gasteiger partial charge in [0.15, 0.2) is 0 Å². The molecule has 0 aliphatic heterocycles. The highest BCUT2D eigenvalue weighted by Gasteiger charge is 2.33. The van der Waals surface area contributed by atoms with Crippen LogP contribution in [-0.4, -0.2) is 15.8 Å². The van der Waals surface area contributed by atoms with Gasteiger partial charge >= 0.3 is 0 Å². The van der Waals surface area contributed by atoms with Crippen molar-refractivity contribution in [2.45, 2.75) is 37.6 Å². The Balaban J connectivity index is 2.39. The first-order valence-corrected chi connectivity index (χ1v) is 4.98. The Kier molecular flexibility index (Phi) is 2.44. The van der Waals surface area contributed by atoms with E-state index in [0.29, 0.717) is 0 Å². The second kappa shape index (κ2) is 2.99. The average molecular weight is 164 g/mol. The minimum atomic E-state index is -2.29. The molecule has 10 heavy (non-hydrogen) atoms. The summed E-state index contributed by atoms with van der Waals surface area (Å²) in [6, 6.07) is 0. The number of hydrogen-bond donors (Lipinski definition) is 0. The Labute approximate surface area is 63.4 Å². The molecule has 0 heterocycles. The fraction of sp³-hybridized carbons (Fsp3) is 1.00. The van der Waals surface area contributed by atoms with Gasteiger partial charge in [0.2, 0.25) is 5.55 Å². The van der Waals surface area contributed by atoms with E-state index < -0.39 is 5.55 Å². The number of hydrogen-bond acceptors (Lipinski definition) is 0. The van der Waals surface area contributed by atoms with E-state index in [9.17, 15) is 8.78 Å². The molecule has 0 amide bonds. The molecule has 1 rings (SSSR count). The van der Waals surface area contributed by atoms with E-state index in [1.54, 1.807) is 0 Å². The summed E-state index contributed by atoms with van der Waals surface area (Å²) in [6.07, 6.45) is 4.71. The van der Waals surface area contributed by atoms with Gasteiger partial charge in [0.1, 0.15) is 0 Å². The lowest BCUT2D eigenvalue weighted by atomic mass is 9.89. The van der Waals surface area contributed by atoms with Crippen LogP contribution in [0.5, 0.6) is 0 Å². The van der Waals surface area contributed by atoms with E-state index in [1.165, 1.54) is 0 Å². The molecule has 0 spiro atoms. The third-order valence-corrected chi connectivity index (χ3v) is 3.14. The zero-order valence-electron chi connectivity index (χ0n) is 6.37. The summed E-state index contributed by atoms with van der Waals surface area (Å²) < 4.78 is 25.3. The van der Waals surface area contributed by atoms with Crippen LogP contribution in [-0.2, 0) is 0 Å². The predicted octanol–water partition coefficient (Wildman–Crippen LogP) is 1.52. The van der Waals surface area contributed by atoms with Gasteiger partial charge in [-0.25, -0.2) is 8.78 Å². The maximum Gasteiger partial charge on any atom is 0.222 e. The first-order chi connectivity index (χ1) is 4.61. The number of halogens is 2. The van der Waals surface area contributed by atoms with Crippen molar-refractivity contribution in [3.63, 3.8) is 0 Å². The lowest BCUT2D eigenvalue weighted by Crippen LogP contribution is -2.30. The van der Waals surface area contributed by atoms with Crippen LogP contribution in [0.25, 0.3) is 0 Å². The van der Waals surface area contributed by atoms with Crippen LogP contribution >= 0.6 is 0 Å². The molecule has 0 N–H and O–H groups in total. The smallest absolute Gasteiger partial charge is 0.213 e. The van der Waals surface area contributed by atoms with Crippen molar-refractivity contribution in [1.82, 2.24) is 0 Å². The third kappa shape index (κ3) is 2.04. The van der Waals surface area contributed by atoms with Crippen LogP contribution in [0.2, 0.25) is 0 Å². The summed E-state index contributed by atoms with van der Waals surface area (Å²) in [4.78, 5) is 0. The molecule has 0 radical (unpaired) electrons. The molecule has 0 bridgehead atoms. The highest BCUT2D eigenvalue weighted by atomic mass is 28.1. The van der Waals surface area contributed by atoms with E-state index in [1.807, 2.05) is 0 Å². The molecular weight excluding hydrogens is 150 g/mol. The summed E-state index contributed by atoms with van der Waals surface area (Å²) in [7, 11) is 0.0357. The first kappa shape index (κ1) is 8.18. The Bertz CT molecular complexity index is 103. The van der Waals surface area contributed by atoms with Crippen molar-refractivity contribution in [3.8, 4) is 0 Å². The zero-order valence-corrected chi connectivity index (χ0v) is 8.37. The standard InChI is InChI=1S/C7H14F2Si/c8-7(9,10)6-4-2-1-3-5-6/h6H,1-5H2,10H3. The summed E-state index contributed by atoms with van der Waals surface area (Å²) in [5.74, 6) is -0.270. The van der Waals surface area contributed by atoms with Gasteiger partial charge in [-0.05, 0) is 12.8 Å². The van der Waals surface area contributed by atoms with Crippen LogP contribution in [0.4, 0.5) is 8.78 Å². The largest absolute Gasteiger partial charge is 0.222 e. The molecule has 1 saturated carbocycles. The predicted molar refractivity (Wildman–Crippen MR) is 41.5 cm³/mol. The first-order valence-electron chi connectivity index (χ1n) is 3.98. The summed E-state index contributed by atoms with van der Waals surface area (Å²) in [5, 5.41) is 0. The molecule has 0 unspecified atom stereocenters. The van der Waals surface area contributed by atoms with Crippen LogP contribution in [0, 0.1) is 5.92 Å². The van der Waals surface area contributed by atoms with E-state index in [0.717, 1.165) is 32.1 Å². The van der Waals surface area contributed by atoms with Crippen molar-refractivity contribution in [1.29, 1.82) is 0 Å². The van der Waals surface area contributed by atoms with Crippen molar-refractivity contribution in [2.75, 3.05) is 0 Å². The van der Waals surface area contributed by atoms with Crippen LogP contribution in [0.3, 0.4) is 0 Å². The van der Waals surface area contributed by atoms with Gasteiger partial charge in [-0.1, -0.05) is 19.3 Å². The SMILES string of the molecule is FC(F)([SiH3])C1CCCCC1. The second-order valence-corrected chi connectivity index (χ2v) is 4.62. The topological polar surface area (TPSA) is 0 Å². The highest BCUT2D eigenvalue weighted by molar-refractivity contribution is 6.13. The van der Waals surface area contributed by atoms with E-state index in [-0.39, 0.29) is 16.2 Å². The summed E-state index contributed by atoms with van der Waals surface area (Å²) in [5.41, 5.74) is -2.29. The van der Waals surface area contributed by atoms with E-state index >= 15 is 0 Å². The molecular formula is C7H14F2Si. The minimum absolute atomic E-state index is 0.0357. The molecule has 1 fully saturated rings. The van der Waals surface area contributed by atoms with Crippen LogP contribution in [0.15, 0.2) is 0 Å². The molecule has 1 aliphatic rings. The highest BCUT2D eigenvalue weighted by Crippen LogP contribution is 2.33. The molecule has 1 aliphatic carbocycles. The van der Waals surface area contributed by atoms with Gasteiger partial charge in [-0.15, -0.1) is 0 Å². The van der Waals surface area contributed by atoms with Gasteiger partial charge in [0.05, 0.1) is 10.2 Å². The lowest BCUT2D eigenvalue weighted by Gasteiger charge is -2.27. The molecule has 0 aromatic carbocycles. The summed E-state index contributed by atoms with van der Waals surface area (Å²) in [6.45, 7) is 0. The lowest BCUT2D eigenvalue weighted by molar-refractivity contribution is 0.0103. The molecule has 0 saturated heterocycles. The number of alkyl halides is 2. The van der Waals surface area contributed by atoms with Crippen molar-refractivity contribution < 1.29 is 8.78 Å². The molecule has 0 aromatic heterocycles. The van der Waals surface area contributed by atoms with Crippen molar-refractivity contribution in [2.24, 2.45) is 5.92 Å². The Morgan fingerprint density at radius 1 is 1.10 bits per heavy atom. The Morgan fingerprint density at radius 3 is 1.90 bits per heavy atom. The number of rotatable bonds is 1. The molecule has 0 nitrogen and oxygen atoms in total. The average Bonchev–Trinajstić information content (AvgIpc) is 1.88. The molecule has 60 valence electrons. The van der Waals surface area contributed by atoms with E-state index in [2.05, 4.69) is 0 Å². The minimum Gasteiger partial charge on any atom is -0.213 e. The van der Waals surface area contributed by atoms with Gasteiger partial charge in [0.25, 0.3) is 0 Å². The maximum atomic E-state index is 12.7. The summed E-state index contributed by atoms with van der Waals surface area (Å²) >= 11 is 0. The molecule has 0 atom stereocenters. The van der Waals surface area contributed by atoms with Crippen LogP contribution in [0.1, 0.15) is 32.1 Å². The van der Waals surface area contributed by atoms with Gasteiger partial charge in [0, 0.05) is 5.92 Å². The van der Waals surface area contributed by atoms with Gasteiger partial charge < -0.3 is 0 Å². The fourth-order valence-corrected chi connectivity index (χ4v) is 2.19. The monoisotopic (exact) mass is 164 g/mol. The van der Waals surface area contributed by atoms with Gasteiger partial charge in [-0.3, -0.25) is 0 Å². The zero-order chi connectivity index (χ0) is 7.61. The Hall–Kier alpha value is 0.0769. The quantitative estimate of drug-likeness (QED) is 0.516. The van der Waals surface area contributed by atoms with E-state index in [4.69, 9.17) is 0 Å². The fourth-order valence-electron chi connectivity index (χ4n) is 1.61. The van der Waals surface area contributed by atoms with Crippen molar-refractivity contribution >= 4 is 10.2 Å². The second-order valence-electron chi connectivity index (χ2n) is 3.29. The Morgan fingerprint density at radius 2 is 1.60 bits per heavy atom. The van der Waals surface area contributed by atoms with Crippen LogP contribution < -0.4 is 0 Å². The van der Waals surface area contributed by atoms with Gasteiger partial charge in [-0.2, -0.15) is 0 Å².